The Labute approximate surface area is 63.1 Å². The Morgan fingerprint density at radius 1 is 1.73 bits per heavy atom. The Bertz CT molecular complexity index is 227. The van der Waals surface area contributed by atoms with Crippen molar-refractivity contribution < 1.29 is 19.4 Å². The first kappa shape index (κ1) is 7.81. The molecule has 60 valence electrons. The number of hydrogen-bond donors (Lipinski definition) is 2. The molecule has 11 heavy (non-hydrogen) atoms. The summed E-state index contributed by atoms with van der Waals surface area (Å²) in [5.41, 5.74) is 0.493. The van der Waals surface area contributed by atoms with Gasteiger partial charge in [0.15, 0.2) is 0 Å². The van der Waals surface area contributed by atoms with E-state index in [0.29, 0.717) is 5.56 Å². The maximum absolute atomic E-state index is 10.1. The number of carboxylic acids is 1. The maximum Gasteiger partial charge on any atom is 0.306 e. The van der Waals surface area contributed by atoms with Crippen LogP contribution in [0.5, 0.6) is 0 Å². The lowest BCUT2D eigenvalue weighted by atomic mass is 10.1. The summed E-state index contributed by atoms with van der Waals surface area (Å²) in [6.07, 6.45) is 1.46. The van der Waals surface area contributed by atoms with Crippen LogP contribution in [0.4, 0.5) is 0 Å². The van der Waals surface area contributed by atoms with Gasteiger partial charge in [0, 0.05) is 5.56 Å². The van der Waals surface area contributed by atoms with E-state index in [2.05, 4.69) is 4.42 Å². The van der Waals surface area contributed by atoms with Crippen molar-refractivity contribution in [1.82, 2.24) is 0 Å². The number of hydrogen-bond acceptors (Lipinski definition) is 3. The van der Waals surface area contributed by atoms with Crippen LogP contribution in [0.1, 0.15) is 18.1 Å². The highest BCUT2D eigenvalue weighted by Gasteiger charge is 2.12. The van der Waals surface area contributed by atoms with Crippen LogP contribution in [0, 0.1) is 0 Å². The van der Waals surface area contributed by atoms with Crippen molar-refractivity contribution in [2.24, 2.45) is 0 Å². The predicted octanol–water partition coefficient (Wildman–Crippen LogP) is 0.788. The van der Waals surface area contributed by atoms with Crippen molar-refractivity contribution in [3.63, 3.8) is 0 Å². The summed E-state index contributed by atoms with van der Waals surface area (Å²) in [5.74, 6) is -1.03. The lowest BCUT2D eigenvalue weighted by Crippen LogP contribution is -2.03. The van der Waals surface area contributed by atoms with E-state index in [1.807, 2.05) is 0 Å². The normalized spacial score (nSPS) is 12.8. The van der Waals surface area contributed by atoms with Gasteiger partial charge in [-0.05, 0) is 6.07 Å². The molecular formula is C7H8O4. The average molecular weight is 156 g/mol. The fraction of sp³-hybridized carbons (Fsp3) is 0.286. The van der Waals surface area contributed by atoms with E-state index in [9.17, 15) is 4.79 Å². The third-order valence-corrected chi connectivity index (χ3v) is 1.30. The van der Waals surface area contributed by atoms with Gasteiger partial charge in [0.25, 0.3) is 0 Å². The van der Waals surface area contributed by atoms with E-state index < -0.39 is 12.1 Å². The summed E-state index contributed by atoms with van der Waals surface area (Å²) in [5, 5.41) is 17.4. The van der Waals surface area contributed by atoms with Crippen LogP contribution in [0.15, 0.2) is 23.0 Å². The number of carbonyl (C=O) groups is 1. The van der Waals surface area contributed by atoms with E-state index in [0.717, 1.165) is 0 Å². The molecule has 1 rings (SSSR count). The zero-order valence-electron chi connectivity index (χ0n) is 5.73. The van der Waals surface area contributed by atoms with Crippen LogP contribution in [0.25, 0.3) is 0 Å². The lowest BCUT2D eigenvalue weighted by molar-refractivity contribution is -0.139. The molecule has 1 aromatic rings. The Balaban J connectivity index is 2.56. The molecule has 0 unspecified atom stereocenters. The van der Waals surface area contributed by atoms with Crippen LogP contribution in [-0.2, 0) is 4.79 Å². The predicted molar refractivity (Wildman–Crippen MR) is 35.9 cm³/mol. The molecular weight excluding hydrogens is 148 g/mol. The monoisotopic (exact) mass is 156 g/mol. The first-order chi connectivity index (χ1) is 5.20. The second kappa shape index (κ2) is 3.21. The smallest absolute Gasteiger partial charge is 0.306 e. The number of rotatable bonds is 3. The molecule has 0 fully saturated rings. The van der Waals surface area contributed by atoms with Crippen molar-refractivity contribution in [2.75, 3.05) is 0 Å². The first-order valence-electron chi connectivity index (χ1n) is 3.12. The van der Waals surface area contributed by atoms with Gasteiger partial charge in [0.2, 0.25) is 0 Å². The van der Waals surface area contributed by atoms with Gasteiger partial charge in [-0.1, -0.05) is 0 Å². The summed E-state index contributed by atoms with van der Waals surface area (Å²) in [6.45, 7) is 0. The molecule has 0 aliphatic carbocycles. The summed E-state index contributed by atoms with van der Waals surface area (Å²) in [7, 11) is 0. The highest BCUT2D eigenvalue weighted by molar-refractivity contribution is 5.67. The first-order valence-corrected chi connectivity index (χ1v) is 3.12. The van der Waals surface area contributed by atoms with Crippen molar-refractivity contribution in [3.8, 4) is 0 Å². The fourth-order valence-electron chi connectivity index (χ4n) is 0.748. The largest absolute Gasteiger partial charge is 0.481 e. The molecule has 0 aromatic carbocycles. The average Bonchev–Trinajstić information content (AvgIpc) is 2.35. The van der Waals surface area contributed by atoms with Crippen LogP contribution in [-0.4, -0.2) is 16.2 Å². The molecule has 1 atom stereocenters. The van der Waals surface area contributed by atoms with Crippen molar-refractivity contribution in [3.05, 3.63) is 24.2 Å². The van der Waals surface area contributed by atoms with Gasteiger partial charge < -0.3 is 14.6 Å². The van der Waals surface area contributed by atoms with Gasteiger partial charge in [-0.2, -0.15) is 0 Å². The van der Waals surface area contributed by atoms with Crippen molar-refractivity contribution in [2.45, 2.75) is 12.5 Å². The summed E-state index contributed by atoms with van der Waals surface area (Å²) in [6, 6.07) is 1.54. The zero-order valence-corrected chi connectivity index (χ0v) is 5.73. The van der Waals surface area contributed by atoms with E-state index in [1.165, 1.54) is 18.6 Å². The minimum absolute atomic E-state index is 0.292. The van der Waals surface area contributed by atoms with Gasteiger partial charge in [-0.25, -0.2) is 0 Å². The molecule has 4 heteroatoms. The van der Waals surface area contributed by atoms with Gasteiger partial charge >= 0.3 is 5.97 Å². The quantitative estimate of drug-likeness (QED) is 0.678. The second-order valence-electron chi connectivity index (χ2n) is 2.17. The number of aliphatic hydroxyl groups excluding tert-OH is 1. The maximum atomic E-state index is 10.1. The molecule has 4 nitrogen and oxygen atoms in total. The molecule has 2 N–H and O–H groups in total. The topological polar surface area (TPSA) is 70.7 Å². The Morgan fingerprint density at radius 3 is 2.91 bits per heavy atom. The number of carboxylic acid groups (broad SMARTS) is 1. The molecule has 0 aliphatic rings. The minimum Gasteiger partial charge on any atom is -0.481 e. The van der Waals surface area contributed by atoms with Gasteiger partial charge in [-0.3, -0.25) is 4.79 Å². The Hall–Kier alpha value is -1.29. The minimum atomic E-state index is -1.03. The van der Waals surface area contributed by atoms with E-state index in [-0.39, 0.29) is 6.42 Å². The number of furan rings is 1. The molecule has 1 heterocycles. The zero-order chi connectivity index (χ0) is 8.27. The molecule has 0 bridgehead atoms. The third-order valence-electron chi connectivity index (χ3n) is 1.30. The van der Waals surface area contributed by atoms with Crippen molar-refractivity contribution >= 4 is 5.97 Å². The highest BCUT2D eigenvalue weighted by atomic mass is 16.4. The standard InChI is InChI=1S/C7H8O4/c8-6(3-7(9)10)5-1-2-11-4-5/h1-2,4,6,8H,3H2,(H,9,10)/t6-/m1/s1. The molecule has 0 saturated carbocycles. The van der Waals surface area contributed by atoms with Crippen LogP contribution in [0.3, 0.4) is 0 Å². The van der Waals surface area contributed by atoms with Gasteiger partial charge in [0.1, 0.15) is 0 Å². The number of aliphatic carboxylic acids is 1. The lowest BCUT2D eigenvalue weighted by Gasteiger charge is -2.02. The fourth-order valence-corrected chi connectivity index (χ4v) is 0.748. The van der Waals surface area contributed by atoms with Crippen molar-refractivity contribution in [1.29, 1.82) is 0 Å². The second-order valence-corrected chi connectivity index (χ2v) is 2.17. The summed E-state index contributed by atoms with van der Waals surface area (Å²) < 4.78 is 4.66. The molecule has 0 spiro atoms. The van der Waals surface area contributed by atoms with E-state index in [4.69, 9.17) is 10.2 Å². The highest BCUT2D eigenvalue weighted by Crippen LogP contribution is 2.15. The van der Waals surface area contributed by atoms with Gasteiger partial charge in [-0.15, -0.1) is 0 Å². The molecule has 0 saturated heterocycles. The van der Waals surface area contributed by atoms with E-state index in [1.54, 1.807) is 0 Å². The van der Waals surface area contributed by atoms with Crippen LogP contribution < -0.4 is 0 Å². The summed E-state index contributed by atoms with van der Waals surface area (Å²) >= 11 is 0. The van der Waals surface area contributed by atoms with Crippen LogP contribution in [0.2, 0.25) is 0 Å². The number of aliphatic hydroxyl groups is 1. The molecule has 1 aromatic heterocycles. The summed E-state index contributed by atoms with van der Waals surface area (Å²) in [4.78, 5) is 10.1. The van der Waals surface area contributed by atoms with E-state index >= 15 is 0 Å². The third kappa shape index (κ3) is 2.09. The molecule has 0 radical (unpaired) electrons. The Morgan fingerprint density at radius 2 is 2.45 bits per heavy atom. The Kier molecular flexibility index (Phi) is 2.28. The molecule has 0 aliphatic heterocycles. The van der Waals surface area contributed by atoms with Crippen LogP contribution >= 0.6 is 0 Å². The van der Waals surface area contributed by atoms with Gasteiger partial charge in [0.05, 0.1) is 25.1 Å². The SMILES string of the molecule is O=C(O)C[C@@H](O)c1ccoc1. The molecule has 0 amide bonds.